The lowest BCUT2D eigenvalue weighted by molar-refractivity contribution is 0.122. The van der Waals surface area contributed by atoms with Gasteiger partial charge in [-0.3, -0.25) is 4.99 Å². The van der Waals surface area contributed by atoms with E-state index in [9.17, 15) is 0 Å². The summed E-state index contributed by atoms with van der Waals surface area (Å²) in [6.07, 6.45) is 3.97. The van der Waals surface area contributed by atoms with Crippen LogP contribution in [0.4, 0.5) is 11.5 Å². The van der Waals surface area contributed by atoms with Crippen LogP contribution in [0, 0.1) is 13.8 Å². The van der Waals surface area contributed by atoms with Crippen LogP contribution < -0.4 is 16.0 Å². The lowest BCUT2D eigenvalue weighted by Crippen LogP contribution is -2.41. The second-order valence-corrected chi connectivity index (χ2v) is 9.23. The minimum Gasteiger partial charge on any atom is -0.436 e. The molecule has 0 spiro atoms. The lowest BCUT2D eigenvalue weighted by atomic mass is 9.88. The maximum absolute atomic E-state index is 6.85. The van der Waals surface area contributed by atoms with Gasteiger partial charge in [0.15, 0.2) is 11.2 Å². The topological polar surface area (TPSA) is 128 Å². The van der Waals surface area contributed by atoms with Gasteiger partial charge in [-0.15, -0.1) is 0 Å². The molecule has 6 rings (SSSR count). The van der Waals surface area contributed by atoms with Crippen LogP contribution in [0.25, 0.3) is 22.6 Å². The van der Waals surface area contributed by atoms with Crippen LogP contribution in [0.15, 0.2) is 39.9 Å². The zero-order valence-electron chi connectivity index (χ0n) is 20.6. The number of pyridine rings is 1. The van der Waals surface area contributed by atoms with Crippen molar-refractivity contribution >= 4 is 28.8 Å². The summed E-state index contributed by atoms with van der Waals surface area (Å²) in [4.78, 5) is 25.5. The minimum absolute atomic E-state index is 0.416. The predicted octanol–water partition coefficient (Wildman–Crippen LogP) is 2.96. The first-order chi connectivity index (χ1) is 17.4. The highest BCUT2D eigenvalue weighted by atomic mass is 16.5. The van der Waals surface area contributed by atoms with Crippen molar-refractivity contribution in [2.75, 3.05) is 43.6 Å². The van der Waals surface area contributed by atoms with Gasteiger partial charge in [-0.1, -0.05) is 0 Å². The van der Waals surface area contributed by atoms with Crippen molar-refractivity contribution in [3.63, 3.8) is 0 Å². The summed E-state index contributed by atoms with van der Waals surface area (Å²) in [5.74, 6) is 1.89. The van der Waals surface area contributed by atoms with Crippen molar-refractivity contribution in [2.24, 2.45) is 10.7 Å². The molecule has 3 aromatic heterocycles. The van der Waals surface area contributed by atoms with E-state index >= 15 is 0 Å². The first-order valence-electron chi connectivity index (χ1n) is 12.0. The van der Waals surface area contributed by atoms with Crippen LogP contribution in [0.2, 0.25) is 0 Å². The first kappa shape index (κ1) is 22.6. The molecule has 0 radical (unpaired) electrons. The third kappa shape index (κ3) is 3.88. The van der Waals surface area contributed by atoms with E-state index in [1.807, 2.05) is 33.0 Å². The summed E-state index contributed by atoms with van der Waals surface area (Å²) in [6.45, 7) is 6.97. The van der Waals surface area contributed by atoms with Gasteiger partial charge in [0.25, 0.3) is 0 Å². The highest BCUT2D eigenvalue weighted by Crippen LogP contribution is 2.38. The number of benzene rings is 1. The first-order valence-corrected chi connectivity index (χ1v) is 12.0. The van der Waals surface area contributed by atoms with E-state index in [-0.39, 0.29) is 0 Å². The number of hydrogen-bond donors (Lipinski definition) is 2. The maximum Gasteiger partial charge on any atom is 0.229 e. The second kappa shape index (κ2) is 8.65. The minimum atomic E-state index is -1.04. The molecule has 4 aromatic rings. The molecule has 36 heavy (non-hydrogen) atoms. The number of oxazole rings is 1. The van der Waals surface area contributed by atoms with Crippen molar-refractivity contribution in [1.29, 1.82) is 0 Å². The molecule has 1 atom stereocenters. The smallest absolute Gasteiger partial charge is 0.229 e. The van der Waals surface area contributed by atoms with Crippen LogP contribution in [-0.2, 0) is 16.8 Å². The molecule has 184 valence electrons. The van der Waals surface area contributed by atoms with Gasteiger partial charge in [0.2, 0.25) is 5.89 Å². The van der Waals surface area contributed by atoms with E-state index in [1.54, 1.807) is 12.4 Å². The number of anilines is 2. The van der Waals surface area contributed by atoms with Crippen LogP contribution in [0.3, 0.4) is 0 Å². The number of morpholine rings is 1. The van der Waals surface area contributed by atoms with Gasteiger partial charge in [0.05, 0.1) is 24.5 Å². The summed E-state index contributed by atoms with van der Waals surface area (Å²) in [5, 5.41) is 3.15. The van der Waals surface area contributed by atoms with Gasteiger partial charge in [-0.2, -0.15) is 0 Å². The van der Waals surface area contributed by atoms with Crippen molar-refractivity contribution in [1.82, 2.24) is 19.9 Å². The standard InChI is InChI=1S/C26H28N8O2/c1-15-10-23(32-16(2)31-15)26(27)12-18-19(14-30-26)24(28-3)29-13-20(18)25-33-21-11-17(4-5-22(21)36-25)34-6-8-35-9-7-34/h4-5,10-11,13-14H,6-9,12,27H2,1-3H3,(H,28,29). The number of hydrogen-bond acceptors (Lipinski definition) is 10. The van der Waals surface area contributed by atoms with Crippen LogP contribution in [0.1, 0.15) is 28.3 Å². The summed E-state index contributed by atoms with van der Waals surface area (Å²) in [7, 11) is 1.84. The molecule has 0 aliphatic carbocycles. The molecule has 0 saturated carbocycles. The zero-order chi connectivity index (χ0) is 24.9. The Bertz CT molecular complexity index is 1470. The van der Waals surface area contributed by atoms with Gasteiger partial charge in [0, 0.05) is 55.9 Å². The summed E-state index contributed by atoms with van der Waals surface area (Å²) < 4.78 is 11.7. The Morgan fingerprint density at radius 2 is 1.92 bits per heavy atom. The fourth-order valence-corrected chi connectivity index (χ4v) is 4.92. The second-order valence-electron chi connectivity index (χ2n) is 9.23. The summed E-state index contributed by atoms with van der Waals surface area (Å²) in [6, 6.07) is 8.00. The van der Waals surface area contributed by atoms with E-state index in [2.05, 4.69) is 37.3 Å². The van der Waals surface area contributed by atoms with Gasteiger partial charge in [0.1, 0.15) is 17.2 Å². The van der Waals surface area contributed by atoms with Crippen LogP contribution in [0.5, 0.6) is 0 Å². The van der Waals surface area contributed by atoms with E-state index in [0.717, 1.165) is 71.3 Å². The number of fused-ring (bicyclic) bond motifs is 2. The Morgan fingerprint density at radius 1 is 1.08 bits per heavy atom. The van der Waals surface area contributed by atoms with Gasteiger partial charge in [-0.05, 0) is 43.7 Å². The molecule has 0 amide bonds. The number of nitrogens with two attached hydrogens (primary N) is 1. The van der Waals surface area contributed by atoms with Crippen LogP contribution in [-0.4, -0.2) is 59.5 Å². The lowest BCUT2D eigenvalue weighted by Gasteiger charge is -2.30. The largest absolute Gasteiger partial charge is 0.436 e. The summed E-state index contributed by atoms with van der Waals surface area (Å²) >= 11 is 0. The molecular formula is C26H28N8O2. The van der Waals surface area contributed by atoms with Crippen molar-refractivity contribution < 1.29 is 9.15 Å². The quantitative estimate of drug-likeness (QED) is 0.449. The SMILES string of the molecule is CNc1ncc(-c2nc3cc(N4CCOCC4)ccc3o2)c2c1C=NC(N)(c1cc(C)nc(C)n1)C2. The van der Waals surface area contributed by atoms with Crippen molar-refractivity contribution in [3.05, 3.63) is 58.8 Å². The molecule has 1 saturated heterocycles. The fourth-order valence-electron chi connectivity index (χ4n) is 4.92. The molecule has 3 N–H and O–H groups in total. The fraction of sp³-hybridized carbons (Fsp3) is 0.346. The van der Waals surface area contributed by atoms with E-state index in [1.165, 1.54) is 0 Å². The van der Waals surface area contributed by atoms with Gasteiger partial charge < -0.3 is 25.1 Å². The monoisotopic (exact) mass is 484 g/mol. The molecule has 1 aromatic carbocycles. The van der Waals surface area contributed by atoms with Gasteiger partial charge in [-0.25, -0.2) is 19.9 Å². The number of aliphatic imine (C=N–C) groups is 1. The Labute approximate surface area is 208 Å². The van der Waals surface area contributed by atoms with Gasteiger partial charge >= 0.3 is 0 Å². The molecule has 5 heterocycles. The third-order valence-corrected chi connectivity index (χ3v) is 6.72. The molecule has 10 nitrogen and oxygen atoms in total. The van der Waals surface area contributed by atoms with E-state index < -0.39 is 5.66 Å². The molecule has 1 fully saturated rings. The van der Waals surface area contributed by atoms with E-state index in [4.69, 9.17) is 24.9 Å². The molecule has 10 heteroatoms. The Balaban J connectivity index is 1.43. The van der Waals surface area contributed by atoms with E-state index in [0.29, 0.717) is 23.8 Å². The molecule has 1 unspecified atom stereocenters. The predicted molar refractivity (Wildman–Crippen MR) is 138 cm³/mol. The highest BCUT2D eigenvalue weighted by Gasteiger charge is 2.35. The molecular weight excluding hydrogens is 456 g/mol. The van der Waals surface area contributed by atoms with Crippen molar-refractivity contribution in [3.8, 4) is 11.5 Å². The highest BCUT2D eigenvalue weighted by molar-refractivity contribution is 5.93. The average Bonchev–Trinajstić information content (AvgIpc) is 3.31. The number of nitrogens with zero attached hydrogens (tertiary/aromatic N) is 6. The van der Waals surface area contributed by atoms with Crippen molar-refractivity contribution in [2.45, 2.75) is 25.9 Å². The van der Waals surface area contributed by atoms with Crippen LogP contribution >= 0.6 is 0 Å². The number of ether oxygens (including phenoxy) is 1. The molecule has 0 bridgehead atoms. The zero-order valence-corrected chi connectivity index (χ0v) is 20.6. The number of nitrogens with one attached hydrogen (secondary N) is 1. The number of rotatable bonds is 4. The Kier molecular flexibility index (Phi) is 5.42. The molecule has 2 aliphatic rings. The molecule has 2 aliphatic heterocycles. The number of aromatic nitrogens is 4. The number of aryl methyl sites for hydroxylation is 2. The Morgan fingerprint density at radius 3 is 2.69 bits per heavy atom. The average molecular weight is 485 g/mol. The third-order valence-electron chi connectivity index (χ3n) is 6.72. The summed E-state index contributed by atoms with van der Waals surface area (Å²) in [5.41, 5.74) is 12.6. The Hall–Kier alpha value is -3.89. The normalized spacial score (nSPS) is 19.5. The maximum atomic E-state index is 6.85.